The van der Waals surface area contributed by atoms with Crippen molar-refractivity contribution < 1.29 is 47.4 Å². The monoisotopic (exact) mass is 818 g/mol. The molecule has 0 aliphatic heterocycles. The Morgan fingerprint density at radius 2 is 0.783 bits per heavy atom. The summed E-state index contributed by atoms with van der Waals surface area (Å²) in [6.07, 6.45) is -5.33. The first-order valence-electron chi connectivity index (χ1n) is 20.0. The molecule has 6 rings (SSSR count). The smallest absolute Gasteiger partial charge is 0.128 e. The molecule has 0 radical (unpaired) electrons. The van der Waals surface area contributed by atoms with Gasteiger partial charge in [0.1, 0.15) is 60.8 Å². The van der Waals surface area contributed by atoms with Crippen LogP contribution in [-0.4, -0.2) is 47.8 Å². The number of hydrogen-bond acceptors (Lipinski definition) is 8. The largest absolute Gasteiger partial charge is 0.489 e. The van der Waals surface area contributed by atoms with Gasteiger partial charge in [-0.2, -0.15) is 0 Å². The molecular formula is C50H52F2O8. The number of hydrogen-bond donors (Lipinski definition) is 2. The van der Waals surface area contributed by atoms with Gasteiger partial charge in [0.15, 0.2) is 0 Å². The van der Waals surface area contributed by atoms with Crippen LogP contribution >= 0.6 is 0 Å². The minimum absolute atomic E-state index is 0.0378. The fourth-order valence-electron chi connectivity index (χ4n) is 6.54. The molecule has 0 bridgehead atoms. The van der Waals surface area contributed by atoms with Gasteiger partial charge in [-0.05, 0) is 71.5 Å². The van der Waals surface area contributed by atoms with Crippen molar-refractivity contribution in [2.45, 2.75) is 77.9 Å². The molecule has 10 heteroatoms. The molecule has 4 atom stereocenters. The van der Waals surface area contributed by atoms with E-state index in [0.29, 0.717) is 35.8 Å². The Hall–Kier alpha value is -5.46. The fourth-order valence-corrected chi connectivity index (χ4v) is 6.54. The molecule has 314 valence electrons. The van der Waals surface area contributed by atoms with Gasteiger partial charge in [0, 0.05) is 11.1 Å². The molecule has 0 spiro atoms. The Morgan fingerprint density at radius 1 is 0.417 bits per heavy atom. The fraction of sp³-hybridized carbons (Fsp3) is 0.280. The van der Waals surface area contributed by atoms with Gasteiger partial charge in [0.25, 0.3) is 0 Å². The van der Waals surface area contributed by atoms with Crippen LogP contribution < -0.4 is 9.47 Å². The highest BCUT2D eigenvalue weighted by atomic mass is 19.1. The van der Waals surface area contributed by atoms with Gasteiger partial charge in [-0.3, -0.25) is 0 Å². The molecule has 6 aromatic rings. The van der Waals surface area contributed by atoms with Gasteiger partial charge in [-0.1, -0.05) is 121 Å². The Balaban J connectivity index is 1.18. The molecule has 0 aromatic heterocycles. The van der Waals surface area contributed by atoms with Crippen molar-refractivity contribution in [1.82, 2.24) is 0 Å². The predicted molar refractivity (Wildman–Crippen MR) is 225 cm³/mol. The molecule has 6 aromatic carbocycles. The van der Waals surface area contributed by atoms with Crippen LogP contribution in [0.1, 0.15) is 44.5 Å². The van der Waals surface area contributed by atoms with Crippen LogP contribution in [0.5, 0.6) is 11.5 Å². The summed E-state index contributed by atoms with van der Waals surface area (Å²) in [5.41, 5.74) is 6.01. The minimum Gasteiger partial charge on any atom is -0.489 e. The summed E-state index contributed by atoms with van der Waals surface area (Å²) in [7, 11) is 0. The lowest BCUT2D eigenvalue weighted by molar-refractivity contribution is -0.170. The van der Waals surface area contributed by atoms with Gasteiger partial charge in [-0.15, -0.1) is 0 Å². The zero-order valence-corrected chi connectivity index (χ0v) is 33.9. The SMILES string of the molecule is Cc1c(CO[C@H](COCc2ccccc2F)[C@@H](O)[C@H](O)[C@@H](COCc2ccccc2F)OCc2cccc(OCc3ccccc3)c2C)cccc1OCc1ccccc1. The van der Waals surface area contributed by atoms with Crippen molar-refractivity contribution in [3.63, 3.8) is 0 Å². The lowest BCUT2D eigenvalue weighted by Crippen LogP contribution is -2.49. The topological polar surface area (TPSA) is 95.8 Å². The molecule has 0 unspecified atom stereocenters. The van der Waals surface area contributed by atoms with Crippen molar-refractivity contribution in [2.75, 3.05) is 13.2 Å². The zero-order chi connectivity index (χ0) is 42.1. The van der Waals surface area contributed by atoms with Crippen LogP contribution in [0.3, 0.4) is 0 Å². The Morgan fingerprint density at radius 3 is 1.18 bits per heavy atom. The van der Waals surface area contributed by atoms with E-state index in [0.717, 1.165) is 33.4 Å². The van der Waals surface area contributed by atoms with E-state index >= 15 is 0 Å². The highest BCUT2D eigenvalue weighted by molar-refractivity contribution is 5.40. The highest BCUT2D eigenvalue weighted by Gasteiger charge is 2.35. The van der Waals surface area contributed by atoms with E-state index in [2.05, 4.69) is 0 Å². The van der Waals surface area contributed by atoms with Crippen LogP contribution in [0.2, 0.25) is 0 Å². The second-order valence-electron chi connectivity index (χ2n) is 14.5. The van der Waals surface area contributed by atoms with Crippen LogP contribution in [0.25, 0.3) is 0 Å². The summed E-state index contributed by atoms with van der Waals surface area (Å²) in [6.45, 7) is 4.12. The quantitative estimate of drug-likeness (QED) is 0.0661. The summed E-state index contributed by atoms with van der Waals surface area (Å²) in [5.74, 6) is 0.504. The van der Waals surface area contributed by atoms with E-state index in [4.69, 9.17) is 28.4 Å². The van der Waals surface area contributed by atoms with E-state index in [1.54, 1.807) is 36.4 Å². The second kappa shape index (κ2) is 22.8. The highest BCUT2D eigenvalue weighted by Crippen LogP contribution is 2.27. The molecule has 0 saturated carbocycles. The van der Waals surface area contributed by atoms with Gasteiger partial charge >= 0.3 is 0 Å². The third kappa shape index (κ3) is 12.8. The normalized spacial score (nSPS) is 13.4. The molecule has 0 saturated heterocycles. The Labute approximate surface area is 350 Å². The maximum Gasteiger partial charge on any atom is 0.128 e. The Bertz CT molecular complexity index is 2050. The lowest BCUT2D eigenvalue weighted by Gasteiger charge is -2.32. The van der Waals surface area contributed by atoms with Gasteiger partial charge in [0.2, 0.25) is 0 Å². The van der Waals surface area contributed by atoms with Crippen LogP contribution in [0.4, 0.5) is 8.78 Å². The average Bonchev–Trinajstić information content (AvgIpc) is 3.27. The maximum atomic E-state index is 14.5. The summed E-state index contributed by atoms with van der Waals surface area (Å²) in [4.78, 5) is 0. The lowest BCUT2D eigenvalue weighted by atomic mass is 10.0. The third-order valence-electron chi connectivity index (χ3n) is 10.3. The summed E-state index contributed by atoms with van der Waals surface area (Å²) >= 11 is 0. The minimum atomic E-state index is -1.56. The van der Waals surface area contributed by atoms with Gasteiger partial charge < -0.3 is 38.6 Å². The van der Waals surface area contributed by atoms with E-state index in [-0.39, 0.29) is 39.6 Å². The number of aliphatic hydroxyl groups excluding tert-OH is 2. The first-order chi connectivity index (χ1) is 29.3. The van der Waals surface area contributed by atoms with Crippen molar-refractivity contribution >= 4 is 0 Å². The molecule has 8 nitrogen and oxygen atoms in total. The second-order valence-corrected chi connectivity index (χ2v) is 14.5. The molecule has 0 amide bonds. The van der Waals surface area contributed by atoms with E-state index in [9.17, 15) is 19.0 Å². The summed E-state index contributed by atoms with van der Waals surface area (Å²) in [6, 6.07) is 43.5. The molecule has 0 aliphatic carbocycles. The summed E-state index contributed by atoms with van der Waals surface area (Å²) < 4.78 is 65.8. The molecule has 0 heterocycles. The van der Waals surface area contributed by atoms with E-state index < -0.39 is 36.1 Å². The van der Waals surface area contributed by atoms with Gasteiger partial charge in [-0.25, -0.2) is 8.78 Å². The van der Waals surface area contributed by atoms with Gasteiger partial charge in [0.05, 0.1) is 39.6 Å². The molecule has 2 N–H and O–H groups in total. The predicted octanol–water partition coefficient (Wildman–Crippen LogP) is 9.37. The Kier molecular flexibility index (Phi) is 16.7. The number of rotatable bonds is 23. The number of aliphatic hydroxyl groups is 2. The third-order valence-corrected chi connectivity index (χ3v) is 10.3. The van der Waals surface area contributed by atoms with Crippen molar-refractivity contribution in [3.05, 3.63) is 202 Å². The summed E-state index contributed by atoms with van der Waals surface area (Å²) in [5, 5.41) is 23.8. The molecule has 60 heavy (non-hydrogen) atoms. The molecular weight excluding hydrogens is 767 g/mol. The average molecular weight is 819 g/mol. The van der Waals surface area contributed by atoms with Crippen molar-refractivity contribution in [2.24, 2.45) is 0 Å². The van der Waals surface area contributed by atoms with Crippen LogP contribution in [0.15, 0.2) is 146 Å². The van der Waals surface area contributed by atoms with Crippen LogP contribution in [-0.2, 0) is 58.6 Å². The first kappa shape index (κ1) is 44.1. The molecule has 0 aliphatic rings. The van der Waals surface area contributed by atoms with Crippen LogP contribution in [0, 0.1) is 25.5 Å². The van der Waals surface area contributed by atoms with Crippen molar-refractivity contribution in [1.29, 1.82) is 0 Å². The van der Waals surface area contributed by atoms with E-state index in [1.165, 1.54) is 12.1 Å². The number of ether oxygens (including phenoxy) is 6. The maximum absolute atomic E-state index is 14.5. The van der Waals surface area contributed by atoms with Crippen molar-refractivity contribution in [3.8, 4) is 11.5 Å². The number of benzene rings is 6. The molecule has 0 fully saturated rings. The first-order valence-corrected chi connectivity index (χ1v) is 20.0. The zero-order valence-electron chi connectivity index (χ0n) is 33.9. The number of halogens is 2. The van der Waals surface area contributed by atoms with E-state index in [1.807, 2.05) is 111 Å². The standard InChI is InChI=1S/C50H52F2O8/c1-35-39(21-13-25-45(35)57-27-37-15-5-3-6-16-37)31-59-47(33-55-29-41-19-9-11-23-43(41)51)49(53)50(54)48(34-56-30-42-20-10-12-24-44(42)52)60-32-40-22-14-26-46(36(40)2)58-28-38-17-7-4-8-18-38/h3-26,47-50,53-54H,27-34H2,1-2H3/t47-,48-,49-,50-/m1/s1.